The average Bonchev–Trinajstić information content (AvgIpc) is 2.75. The van der Waals surface area contributed by atoms with E-state index in [2.05, 4.69) is 10.6 Å². The van der Waals surface area contributed by atoms with Gasteiger partial charge in [-0.15, -0.1) is 0 Å². The van der Waals surface area contributed by atoms with E-state index in [0.717, 1.165) is 0 Å². The first-order valence-corrected chi connectivity index (χ1v) is 9.82. The van der Waals surface area contributed by atoms with Crippen LogP contribution in [0.3, 0.4) is 0 Å². The molecular formula is C24H22FN3O4. The van der Waals surface area contributed by atoms with E-state index in [1.54, 1.807) is 30.3 Å². The maximum atomic E-state index is 13.0. The Morgan fingerprint density at radius 1 is 0.844 bits per heavy atom. The normalized spacial score (nSPS) is 10.5. The molecule has 0 aliphatic heterocycles. The van der Waals surface area contributed by atoms with Gasteiger partial charge in [0.1, 0.15) is 11.6 Å². The molecule has 3 aromatic carbocycles. The maximum absolute atomic E-state index is 13.0. The van der Waals surface area contributed by atoms with Gasteiger partial charge < -0.3 is 21.1 Å². The van der Waals surface area contributed by atoms with E-state index >= 15 is 0 Å². The van der Waals surface area contributed by atoms with Crippen LogP contribution >= 0.6 is 0 Å². The van der Waals surface area contributed by atoms with Crippen LogP contribution < -0.4 is 21.1 Å². The molecule has 0 saturated heterocycles. The Morgan fingerprint density at radius 3 is 2.09 bits per heavy atom. The highest BCUT2D eigenvalue weighted by Gasteiger charge is 2.14. The highest BCUT2D eigenvalue weighted by molar-refractivity contribution is 6.08. The van der Waals surface area contributed by atoms with Crippen LogP contribution in [-0.2, 0) is 0 Å². The average molecular weight is 435 g/mol. The first-order valence-electron chi connectivity index (χ1n) is 9.82. The van der Waals surface area contributed by atoms with Crippen molar-refractivity contribution in [1.29, 1.82) is 0 Å². The molecule has 4 N–H and O–H groups in total. The summed E-state index contributed by atoms with van der Waals surface area (Å²) in [5.74, 6) is -1.67. The van der Waals surface area contributed by atoms with Crippen LogP contribution in [0.15, 0.2) is 66.7 Å². The number of rotatable bonds is 7. The van der Waals surface area contributed by atoms with Crippen LogP contribution in [0, 0.1) is 5.82 Å². The molecule has 7 nitrogen and oxygen atoms in total. The number of primary amides is 1. The molecule has 0 radical (unpaired) electrons. The number of halogens is 1. The van der Waals surface area contributed by atoms with Crippen LogP contribution in [-0.4, -0.2) is 23.8 Å². The molecule has 0 aromatic heterocycles. The van der Waals surface area contributed by atoms with E-state index in [-0.39, 0.29) is 22.8 Å². The lowest BCUT2D eigenvalue weighted by atomic mass is 10.1. The molecule has 3 rings (SSSR count). The number of carbonyl (C=O) groups excluding carboxylic acids is 3. The molecule has 0 aliphatic rings. The summed E-state index contributed by atoms with van der Waals surface area (Å²) in [6.07, 6.45) is -0.151. The minimum Gasteiger partial charge on any atom is -0.490 e. The van der Waals surface area contributed by atoms with Crippen LogP contribution in [0.4, 0.5) is 15.8 Å². The monoisotopic (exact) mass is 435 g/mol. The zero-order chi connectivity index (χ0) is 23.3. The molecule has 164 valence electrons. The summed E-state index contributed by atoms with van der Waals surface area (Å²) in [4.78, 5) is 36.8. The number of hydrogen-bond acceptors (Lipinski definition) is 4. The van der Waals surface area contributed by atoms with E-state index in [1.807, 2.05) is 13.8 Å². The number of hydrogen-bond donors (Lipinski definition) is 3. The zero-order valence-electron chi connectivity index (χ0n) is 17.5. The number of ether oxygens (including phenoxy) is 1. The standard InChI is InChI=1S/C24H22FN3O4/c1-14(2)32-21-11-10-19(13-20(21)22(26)29)28-24(31)16-4-3-5-18(12-16)27-23(30)15-6-8-17(25)9-7-15/h3-14H,1-2H3,(H2,26,29)(H,27,30)(H,28,31). The molecule has 0 saturated carbocycles. The third-order valence-corrected chi connectivity index (χ3v) is 4.35. The van der Waals surface area contributed by atoms with Gasteiger partial charge in [0.25, 0.3) is 17.7 Å². The van der Waals surface area contributed by atoms with E-state index in [9.17, 15) is 18.8 Å². The lowest BCUT2D eigenvalue weighted by Gasteiger charge is -2.14. The van der Waals surface area contributed by atoms with Crippen molar-refractivity contribution in [3.8, 4) is 5.75 Å². The van der Waals surface area contributed by atoms with E-state index in [1.165, 1.54) is 36.4 Å². The molecule has 0 heterocycles. The van der Waals surface area contributed by atoms with Gasteiger partial charge in [0.15, 0.2) is 0 Å². The van der Waals surface area contributed by atoms with Crippen LogP contribution in [0.2, 0.25) is 0 Å². The Balaban J connectivity index is 1.74. The van der Waals surface area contributed by atoms with Crippen molar-refractivity contribution in [3.05, 3.63) is 89.2 Å². The van der Waals surface area contributed by atoms with Gasteiger partial charge in [-0.1, -0.05) is 6.07 Å². The molecule has 3 amide bonds. The minimum atomic E-state index is -0.678. The van der Waals surface area contributed by atoms with Crippen LogP contribution in [0.1, 0.15) is 44.9 Å². The van der Waals surface area contributed by atoms with Crippen molar-refractivity contribution in [3.63, 3.8) is 0 Å². The summed E-state index contributed by atoms with van der Waals surface area (Å²) >= 11 is 0. The second-order valence-electron chi connectivity index (χ2n) is 7.24. The van der Waals surface area contributed by atoms with E-state index < -0.39 is 23.5 Å². The fraction of sp³-hybridized carbons (Fsp3) is 0.125. The number of nitrogens with one attached hydrogen (secondary N) is 2. The predicted octanol–water partition coefficient (Wildman–Crippen LogP) is 4.22. The molecule has 3 aromatic rings. The number of amides is 3. The summed E-state index contributed by atoms with van der Waals surface area (Å²) < 4.78 is 18.6. The van der Waals surface area contributed by atoms with Gasteiger partial charge in [-0.05, 0) is 74.5 Å². The summed E-state index contributed by atoms with van der Waals surface area (Å²) in [5, 5.41) is 5.36. The Kier molecular flexibility index (Phi) is 6.84. The second-order valence-corrected chi connectivity index (χ2v) is 7.24. The molecule has 0 bridgehead atoms. The SMILES string of the molecule is CC(C)Oc1ccc(NC(=O)c2cccc(NC(=O)c3ccc(F)cc3)c2)cc1C(N)=O. The van der Waals surface area contributed by atoms with Crippen molar-refractivity contribution < 1.29 is 23.5 Å². The molecule has 8 heteroatoms. The summed E-state index contributed by atoms with van der Waals surface area (Å²) in [6, 6.07) is 16.0. The molecule has 0 unspecified atom stereocenters. The molecule has 0 spiro atoms. The molecule has 0 aliphatic carbocycles. The number of nitrogens with two attached hydrogens (primary N) is 1. The van der Waals surface area contributed by atoms with Crippen LogP contribution in [0.25, 0.3) is 0 Å². The smallest absolute Gasteiger partial charge is 0.255 e. The molecule has 0 atom stereocenters. The zero-order valence-corrected chi connectivity index (χ0v) is 17.5. The van der Waals surface area contributed by atoms with Gasteiger partial charge in [0.05, 0.1) is 11.7 Å². The topological polar surface area (TPSA) is 111 Å². The highest BCUT2D eigenvalue weighted by Crippen LogP contribution is 2.24. The lowest BCUT2D eigenvalue weighted by molar-refractivity contribution is 0.0990. The van der Waals surface area contributed by atoms with Crippen molar-refractivity contribution in [2.24, 2.45) is 5.73 Å². The molecule has 32 heavy (non-hydrogen) atoms. The molecular weight excluding hydrogens is 413 g/mol. The second kappa shape index (κ2) is 9.74. The first-order chi connectivity index (χ1) is 15.2. The summed E-state index contributed by atoms with van der Waals surface area (Å²) in [7, 11) is 0. The van der Waals surface area contributed by atoms with Gasteiger partial charge in [-0.3, -0.25) is 14.4 Å². The van der Waals surface area contributed by atoms with Crippen molar-refractivity contribution in [1.82, 2.24) is 0 Å². The van der Waals surface area contributed by atoms with Gasteiger partial charge in [0.2, 0.25) is 0 Å². The van der Waals surface area contributed by atoms with Gasteiger partial charge in [-0.2, -0.15) is 0 Å². The number of carbonyl (C=O) groups is 3. The van der Waals surface area contributed by atoms with E-state index in [4.69, 9.17) is 10.5 Å². The third-order valence-electron chi connectivity index (χ3n) is 4.35. The van der Waals surface area contributed by atoms with Gasteiger partial charge in [-0.25, -0.2) is 4.39 Å². The van der Waals surface area contributed by atoms with Crippen molar-refractivity contribution in [2.75, 3.05) is 10.6 Å². The summed E-state index contributed by atoms with van der Waals surface area (Å²) in [6.45, 7) is 3.64. The quantitative estimate of drug-likeness (QED) is 0.516. The fourth-order valence-electron chi connectivity index (χ4n) is 2.90. The summed E-state index contributed by atoms with van der Waals surface area (Å²) in [5.41, 5.74) is 6.90. The maximum Gasteiger partial charge on any atom is 0.255 e. The molecule has 0 fully saturated rings. The van der Waals surface area contributed by atoms with Crippen LogP contribution in [0.5, 0.6) is 5.75 Å². The number of anilines is 2. The minimum absolute atomic E-state index is 0.150. The Hall–Kier alpha value is -4.20. The Labute approximate surface area is 184 Å². The fourth-order valence-corrected chi connectivity index (χ4v) is 2.90. The van der Waals surface area contributed by atoms with Crippen molar-refractivity contribution >= 4 is 29.1 Å². The van der Waals surface area contributed by atoms with Crippen molar-refractivity contribution in [2.45, 2.75) is 20.0 Å². The number of benzene rings is 3. The first kappa shape index (κ1) is 22.5. The lowest BCUT2D eigenvalue weighted by Crippen LogP contribution is -2.17. The highest BCUT2D eigenvalue weighted by atomic mass is 19.1. The van der Waals surface area contributed by atoms with Gasteiger partial charge >= 0.3 is 0 Å². The van der Waals surface area contributed by atoms with Gasteiger partial charge in [0, 0.05) is 22.5 Å². The largest absolute Gasteiger partial charge is 0.490 e. The third kappa shape index (κ3) is 5.69. The predicted molar refractivity (Wildman–Crippen MR) is 119 cm³/mol. The Bertz CT molecular complexity index is 1160. The van der Waals surface area contributed by atoms with E-state index in [0.29, 0.717) is 17.1 Å². The Morgan fingerprint density at radius 2 is 1.47 bits per heavy atom.